The van der Waals surface area contributed by atoms with Gasteiger partial charge in [0.1, 0.15) is 11.5 Å². The highest BCUT2D eigenvalue weighted by molar-refractivity contribution is 6.01. The van der Waals surface area contributed by atoms with Crippen LogP contribution in [0, 0.1) is 6.92 Å². The monoisotopic (exact) mass is 365 g/mol. The molecular formula is C22H27N3O2. The normalized spacial score (nSPS) is 20.7. The second-order valence-electron chi connectivity index (χ2n) is 7.55. The van der Waals surface area contributed by atoms with Gasteiger partial charge in [-0.25, -0.2) is 5.01 Å². The van der Waals surface area contributed by atoms with E-state index in [1.54, 1.807) is 11.3 Å². The standard InChI is InChI=1S/C22H27N3O2/c1-17-7-9-18(10-8-17)20-16-19(21-6-5-15-27-21)23-25(20)22(26)11-14-24-12-3-2-4-13-24/h5-10,15,20H,2-4,11-14,16H2,1H3/t20-/m1/s1. The van der Waals surface area contributed by atoms with Crippen molar-refractivity contribution < 1.29 is 9.21 Å². The fraction of sp³-hybridized carbons (Fsp3) is 0.455. The fourth-order valence-electron chi connectivity index (χ4n) is 3.93. The van der Waals surface area contributed by atoms with Gasteiger partial charge >= 0.3 is 0 Å². The summed E-state index contributed by atoms with van der Waals surface area (Å²) < 4.78 is 5.53. The Labute approximate surface area is 160 Å². The number of piperidine rings is 1. The lowest BCUT2D eigenvalue weighted by Gasteiger charge is -2.27. The van der Waals surface area contributed by atoms with Crippen LogP contribution in [0.1, 0.15) is 55.0 Å². The summed E-state index contributed by atoms with van der Waals surface area (Å²) in [6.07, 6.45) is 6.64. The van der Waals surface area contributed by atoms with E-state index in [9.17, 15) is 4.79 Å². The molecule has 0 radical (unpaired) electrons. The van der Waals surface area contributed by atoms with E-state index in [1.807, 2.05) is 12.1 Å². The predicted octanol–water partition coefficient (Wildman–Crippen LogP) is 4.14. The first-order valence-electron chi connectivity index (χ1n) is 9.93. The number of carbonyl (C=O) groups is 1. The molecule has 0 unspecified atom stereocenters. The first-order chi connectivity index (χ1) is 13.2. The average Bonchev–Trinajstić information content (AvgIpc) is 3.37. The van der Waals surface area contributed by atoms with Gasteiger partial charge in [-0.2, -0.15) is 5.10 Å². The molecule has 0 N–H and O–H groups in total. The van der Waals surface area contributed by atoms with E-state index in [1.165, 1.54) is 24.8 Å². The van der Waals surface area contributed by atoms with Gasteiger partial charge in [0.2, 0.25) is 5.91 Å². The van der Waals surface area contributed by atoms with Gasteiger partial charge in [-0.15, -0.1) is 0 Å². The molecule has 3 heterocycles. The van der Waals surface area contributed by atoms with Crippen molar-refractivity contribution in [2.24, 2.45) is 5.10 Å². The SMILES string of the molecule is Cc1ccc([C@H]2CC(c3ccco3)=NN2C(=O)CCN2CCCCC2)cc1. The van der Waals surface area contributed by atoms with Crippen molar-refractivity contribution in [2.75, 3.05) is 19.6 Å². The van der Waals surface area contributed by atoms with Crippen LogP contribution in [0.25, 0.3) is 0 Å². The molecule has 1 atom stereocenters. The van der Waals surface area contributed by atoms with Crippen LogP contribution in [0.5, 0.6) is 0 Å². The largest absolute Gasteiger partial charge is 0.463 e. The molecular weight excluding hydrogens is 338 g/mol. The zero-order chi connectivity index (χ0) is 18.6. The molecule has 4 rings (SSSR count). The van der Waals surface area contributed by atoms with E-state index in [0.717, 1.165) is 36.7 Å². The Hall–Kier alpha value is -2.40. The lowest BCUT2D eigenvalue weighted by Crippen LogP contribution is -2.35. The van der Waals surface area contributed by atoms with Crippen molar-refractivity contribution in [3.05, 3.63) is 59.5 Å². The molecule has 0 saturated carbocycles. The van der Waals surface area contributed by atoms with Crippen LogP contribution in [0.4, 0.5) is 0 Å². The summed E-state index contributed by atoms with van der Waals surface area (Å²) in [6, 6.07) is 12.1. The second-order valence-corrected chi connectivity index (χ2v) is 7.55. The van der Waals surface area contributed by atoms with Crippen molar-refractivity contribution in [1.29, 1.82) is 0 Å². The van der Waals surface area contributed by atoms with Gasteiger partial charge in [-0.1, -0.05) is 36.2 Å². The van der Waals surface area contributed by atoms with Crippen LogP contribution in [-0.4, -0.2) is 41.2 Å². The number of aryl methyl sites for hydroxylation is 1. The van der Waals surface area contributed by atoms with Crippen LogP contribution in [0.2, 0.25) is 0 Å². The Balaban J connectivity index is 1.51. The first kappa shape index (κ1) is 18.0. The maximum atomic E-state index is 13.0. The van der Waals surface area contributed by atoms with Crippen LogP contribution < -0.4 is 0 Å². The summed E-state index contributed by atoms with van der Waals surface area (Å²) >= 11 is 0. The van der Waals surface area contributed by atoms with Crippen molar-refractivity contribution in [1.82, 2.24) is 9.91 Å². The molecule has 1 aromatic carbocycles. The van der Waals surface area contributed by atoms with E-state index >= 15 is 0 Å². The van der Waals surface area contributed by atoms with Gasteiger partial charge in [0, 0.05) is 19.4 Å². The lowest BCUT2D eigenvalue weighted by atomic mass is 9.99. The number of amides is 1. The zero-order valence-electron chi connectivity index (χ0n) is 15.9. The van der Waals surface area contributed by atoms with E-state index in [0.29, 0.717) is 12.8 Å². The third kappa shape index (κ3) is 4.14. The predicted molar refractivity (Wildman–Crippen MR) is 106 cm³/mol. The Morgan fingerprint density at radius 1 is 1.15 bits per heavy atom. The van der Waals surface area contributed by atoms with Crippen LogP contribution >= 0.6 is 0 Å². The molecule has 2 aliphatic heterocycles. The molecule has 1 fully saturated rings. The molecule has 0 aliphatic carbocycles. The summed E-state index contributed by atoms with van der Waals surface area (Å²) in [4.78, 5) is 15.4. The number of nitrogens with zero attached hydrogens (tertiary/aromatic N) is 3. The van der Waals surface area contributed by atoms with Crippen LogP contribution in [0.15, 0.2) is 52.2 Å². The number of hydrogen-bond acceptors (Lipinski definition) is 4. The Kier molecular flexibility index (Phi) is 5.39. The number of hydrogen-bond donors (Lipinski definition) is 0. The van der Waals surface area contributed by atoms with E-state index in [-0.39, 0.29) is 11.9 Å². The summed E-state index contributed by atoms with van der Waals surface area (Å²) in [5.41, 5.74) is 3.18. The molecule has 2 aromatic rings. The van der Waals surface area contributed by atoms with Crippen molar-refractivity contribution in [3.8, 4) is 0 Å². The summed E-state index contributed by atoms with van der Waals surface area (Å²) in [5, 5.41) is 6.35. The van der Waals surface area contributed by atoms with Crippen LogP contribution in [-0.2, 0) is 4.79 Å². The molecule has 1 amide bonds. The molecule has 1 saturated heterocycles. The molecule has 2 aliphatic rings. The Morgan fingerprint density at radius 2 is 1.93 bits per heavy atom. The van der Waals surface area contributed by atoms with Gasteiger partial charge in [0.25, 0.3) is 0 Å². The number of benzene rings is 1. The van der Waals surface area contributed by atoms with Crippen LogP contribution in [0.3, 0.4) is 0 Å². The fourth-order valence-corrected chi connectivity index (χ4v) is 3.93. The summed E-state index contributed by atoms with van der Waals surface area (Å²) in [6.45, 7) is 5.11. The first-order valence-corrected chi connectivity index (χ1v) is 9.93. The smallest absolute Gasteiger partial charge is 0.244 e. The van der Waals surface area contributed by atoms with Crippen molar-refractivity contribution >= 4 is 11.6 Å². The molecule has 5 heteroatoms. The second kappa shape index (κ2) is 8.09. The minimum absolute atomic E-state index is 0.0560. The highest BCUT2D eigenvalue weighted by Gasteiger charge is 2.33. The van der Waals surface area contributed by atoms with E-state index in [2.05, 4.69) is 41.2 Å². The summed E-state index contributed by atoms with van der Waals surface area (Å²) in [7, 11) is 0. The average molecular weight is 365 g/mol. The van der Waals surface area contributed by atoms with Gasteiger partial charge in [-0.3, -0.25) is 4.79 Å². The minimum Gasteiger partial charge on any atom is -0.463 e. The highest BCUT2D eigenvalue weighted by atomic mass is 16.3. The maximum Gasteiger partial charge on any atom is 0.244 e. The van der Waals surface area contributed by atoms with Gasteiger partial charge in [0.05, 0.1) is 12.3 Å². The third-order valence-electron chi connectivity index (χ3n) is 5.52. The summed E-state index contributed by atoms with van der Waals surface area (Å²) in [5.74, 6) is 0.839. The van der Waals surface area contributed by atoms with E-state index in [4.69, 9.17) is 4.42 Å². The number of hydrazone groups is 1. The Morgan fingerprint density at radius 3 is 2.63 bits per heavy atom. The van der Waals surface area contributed by atoms with Crippen molar-refractivity contribution in [2.45, 2.75) is 45.1 Å². The lowest BCUT2D eigenvalue weighted by molar-refractivity contribution is -0.133. The Bertz CT molecular complexity index is 789. The molecule has 1 aromatic heterocycles. The molecule has 0 bridgehead atoms. The number of carbonyl (C=O) groups excluding carboxylic acids is 1. The number of likely N-dealkylation sites (tertiary alicyclic amines) is 1. The quantitative estimate of drug-likeness (QED) is 0.800. The van der Waals surface area contributed by atoms with Gasteiger partial charge < -0.3 is 9.32 Å². The molecule has 0 spiro atoms. The topological polar surface area (TPSA) is 49.1 Å². The molecule has 142 valence electrons. The third-order valence-corrected chi connectivity index (χ3v) is 5.52. The minimum atomic E-state index is -0.0560. The van der Waals surface area contributed by atoms with Crippen molar-refractivity contribution in [3.63, 3.8) is 0 Å². The number of furan rings is 1. The number of rotatable bonds is 5. The van der Waals surface area contributed by atoms with Gasteiger partial charge in [0.15, 0.2) is 0 Å². The van der Waals surface area contributed by atoms with Gasteiger partial charge in [-0.05, 0) is 50.6 Å². The van der Waals surface area contributed by atoms with E-state index < -0.39 is 0 Å². The molecule has 5 nitrogen and oxygen atoms in total. The molecule has 27 heavy (non-hydrogen) atoms. The zero-order valence-corrected chi connectivity index (χ0v) is 15.9. The highest BCUT2D eigenvalue weighted by Crippen LogP contribution is 2.33. The maximum absolute atomic E-state index is 13.0.